The minimum atomic E-state index is 0.310. The molecule has 0 radical (unpaired) electrons. The maximum absolute atomic E-state index is 6.28. The van der Waals surface area contributed by atoms with Crippen LogP contribution in [0.2, 0.25) is 0 Å². The van der Waals surface area contributed by atoms with E-state index in [1.807, 2.05) is 30.8 Å². The molecule has 0 aromatic carbocycles. The van der Waals surface area contributed by atoms with Crippen LogP contribution in [-0.4, -0.2) is 35.6 Å². The van der Waals surface area contributed by atoms with Gasteiger partial charge in [-0.25, -0.2) is 0 Å². The molecule has 1 heterocycles. The largest absolute Gasteiger partial charge is 0.353 e. The Morgan fingerprint density at radius 2 is 2.16 bits per heavy atom. The smallest absolute Gasteiger partial charge is 0.208 e. The number of hydrogen-bond acceptors (Lipinski definition) is 6. The third-order valence-corrected chi connectivity index (χ3v) is 6.23. The molecule has 1 aliphatic rings. The van der Waals surface area contributed by atoms with Crippen LogP contribution < -0.4 is 10.6 Å². The Hall–Kier alpha value is -0.330. The monoisotopic (exact) mass is 300 g/mol. The normalized spacial score (nSPS) is 27.5. The Morgan fingerprint density at radius 3 is 2.79 bits per heavy atom. The van der Waals surface area contributed by atoms with Crippen molar-refractivity contribution < 1.29 is 0 Å². The van der Waals surface area contributed by atoms with E-state index in [4.69, 9.17) is 5.73 Å². The van der Waals surface area contributed by atoms with Gasteiger partial charge in [0.15, 0.2) is 4.34 Å². The van der Waals surface area contributed by atoms with E-state index < -0.39 is 0 Å². The highest BCUT2D eigenvalue weighted by molar-refractivity contribution is 8.01. The molecule has 3 unspecified atom stereocenters. The summed E-state index contributed by atoms with van der Waals surface area (Å²) in [5, 5.41) is 9.94. The van der Waals surface area contributed by atoms with E-state index in [-0.39, 0.29) is 0 Å². The molecule has 2 rings (SSSR count). The van der Waals surface area contributed by atoms with Gasteiger partial charge in [-0.05, 0) is 25.2 Å². The van der Waals surface area contributed by atoms with Crippen molar-refractivity contribution in [3.05, 3.63) is 0 Å². The van der Waals surface area contributed by atoms with Crippen LogP contribution in [0.1, 0.15) is 39.0 Å². The number of hydrogen-bond donors (Lipinski definition) is 1. The zero-order valence-corrected chi connectivity index (χ0v) is 13.6. The Balaban J connectivity index is 1.95. The van der Waals surface area contributed by atoms with E-state index in [0.29, 0.717) is 11.3 Å². The highest BCUT2D eigenvalue weighted by Gasteiger charge is 2.29. The Kier molecular flexibility index (Phi) is 5.47. The quantitative estimate of drug-likeness (QED) is 0.906. The van der Waals surface area contributed by atoms with Gasteiger partial charge >= 0.3 is 0 Å². The minimum absolute atomic E-state index is 0.310. The number of aromatic nitrogens is 2. The fourth-order valence-electron chi connectivity index (χ4n) is 2.60. The first-order chi connectivity index (χ1) is 9.10. The summed E-state index contributed by atoms with van der Waals surface area (Å²) < 4.78 is 1.06. The number of anilines is 1. The van der Waals surface area contributed by atoms with Crippen molar-refractivity contribution in [3.63, 3.8) is 0 Å². The van der Waals surface area contributed by atoms with Gasteiger partial charge in [0.2, 0.25) is 5.13 Å². The molecule has 0 saturated heterocycles. The first-order valence-corrected chi connectivity index (χ1v) is 8.72. The Morgan fingerprint density at radius 1 is 1.37 bits per heavy atom. The fraction of sp³-hybridized carbons (Fsp3) is 0.846. The summed E-state index contributed by atoms with van der Waals surface area (Å²) in [5.41, 5.74) is 6.28. The van der Waals surface area contributed by atoms with Crippen LogP contribution in [0.4, 0.5) is 5.13 Å². The molecule has 4 nitrogen and oxygen atoms in total. The van der Waals surface area contributed by atoms with Gasteiger partial charge in [-0.3, -0.25) is 0 Å². The molecule has 19 heavy (non-hydrogen) atoms. The van der Waals surface area contributed by atoms with Crippen molar-refractivity contribution in [3.8, 4) is 0 Å². The maximum Gasteiger partial charge on any atom is 0.208 e. The number of nitrogens with zero attached hydrogens (tertiary/aromatic N) is 3. The first kappa shape index (κ1) is 15.1. The molecular weight excluding hydrogens is 276 g/mol. The van der Waals surface area contributed by atoms with Crippen LogP contribution in [-0.2, 0) is 0 Å². The lowest BCUT2D eigenvalue weighted by Gasteiger charge is -2.33. The predicted octanol–water partition coefficient (Wildman–Crippen LogP) is 2.99. The van der Waals surface area contributed by atoms with E-state index in [0.717, 1.165) is 21.8 Å². The molecule has 1 aromatic heterocycles. The van der Waals surface area contributed by atoms with E-state index in [1.165, 1.54) is 25.7 Å². The molecule has 1 saturated carbocycles. The van der Waals surface area contributed by atoms with Gasteiger partial charge in [0, 0.05) is 25.4 Å². The molecule has 1 aromatic rings. The summed E-state index contributed by atoms with van der Waals surface area (Å²) in [6.07, 6.45) is 6.30. The summed E-state index contributed by atoms with van der Waals surface area (Å²) >= 11 is 3.50. The first-order valence-electron chi connectivity index (χ1n) is 7.03. The summed E-state index contributed by atoms with van der Waals surface area (Å²) in [6, 6.07) is 0.310. The molecule has 1 aliphatic carbocycles. The second-order valence-corrected chi connectivity index (χ2v) is 7.98. The van der Waals surface area contributed by atoms with Gasteiger partial charge in [0.25, 0.3) is 0 Å². The van der Waals surface area contributed by atoms with Crippen LogP contribution in [0, 0.1) is 5.92 Å². The van der Waals surface area contributed by atoms with E-state index in [1.54, 1.807) is 11.3 Å². The lowest BCUT2D eigenvalue weighted by atomic mass is 9.83. The Bertz CT molecular complexity index is 394. The zero-order valence-electron chi connectivity index (χ0n) is 12.0. The summed E-state index contributed by atoms with van der Waals surface area (Å²) in [7, 11) is 4.00. The van der Waals surface area contributed by atoms with Gasteiger partial charge in [-0.15, -0.1) is 10.2 Å². The number of nitrogens with two attached hydrogens (primary N) is 1. The van der Waals surface area contributed by atoms with Crippen molar-refractivity contribution in [1.29, 1.82) is 0 Å². The van der Waals surface area contributed by atoms with Crippen LogP contribution in [0.5, 0.6) is 0 Å². The molecule has 0 amide bonds. The van der Waals surface area contributed by atoms with Gasteiger partial charge in [-0.2, -0.15) is 0 Å². The van der Waals surface area contributed by atoms with Gasteiger partial charge in [0.1, 0.15) is 0 Å². The molecule has 0 aliphatic heterocycles. The SMILES string of the molecule is CCCC1CCC(N)C(Sc2nnc(N(C)C)s2)C1. The Labute approximate surface area is 124 Å². The minimum Gasteiger partial charge on any atom is -0.353 e. The van der Waals surface area contributed by atoms with Crippen LogP contribution in [0.3, 0.4) is 0 Å². The third kappa shape index (κ3) is 4.07. The van der Waals surface area contributed by atoms with Crippen molar-refractivity contribution in [2.24, 2.45) is 11.7 Å². The van der Waals surface area contributed by atoms with E-state index in [2.05, 4.69) is 17.1 Å². The van der Waals surface area contributed by atoms with Crippen molar-refractivity contribution in [2.45, 2.75) is 54.7 Å². The van der Waals surface area contributed by atoms with E-state index in [9.17, 15) is 0 Å². The lowest BCUT2D eigenvalue weighted by molar-refractivity contribution is 0.317. The molecule has 2 N–H and O–H groups in total. The molecule has 6 heteroatoms. The molecular formula is C13H24N4S2. The zero-order chi connectivity index (χ0) is 13.8. The highest BCUT2D eigenvalue weighted by atomic mass is 32.2. The van der Waals surface area contributed by atoms with Crippen LogP contribution >= 0.6 is 23.1 Å². The van der Waals surface area contributed by atoms with Crippen molar-refractivity contribution in [2.75, 3.05) is 19.0 Å². The predicted molar refractivity (Wildman–Crippen MR) is 84.1 cm³/mol. The third-order valence-electron chi connectivity index (χ3n) is 3.68. The molecule has 0 spiro atoms. The van der Waals surface area contributed by atoms with Gasteiger partial charge in [0.05, 0.1) is 0 Å². The van der Waals surface area contributed by atoms with Crippen molar-refractivity contribution >= 4 is 28.2 Å². The summed E-state index contributed by atoms with van der Waals surface area (Å²) in [6.45, 7) is 2.27. The van der Waals surface area contributed by atoms with Gasteiger partial charge in [-0.1, -0.05) is 42.9 Å². The van der Waals surface area contributed by atoms with Crippen molar-refractivity contribution in [1.82, 2.24) is 10.2 Å². The topological polar surface area (TPSA) is 55.0 Å². The molecule has 108 valence electrons. The number of rotatable bonds is 5. The molecule has 3 atom stereocenters. The average Bonchev–Trinajstić information content (AvgIpc) is 2.82. The maximum atomic E-state index is 6.28. The molecule has 1 fully saturated rings. The second-order valence-electron chi connectivity index (χ2n) is 5.53. The molecule has 0 bridgehead atoms. The van der Waals surface area contributed by atoms with Crippen LogP contribution in [0.25, 0.3) is 0 Å². The highest BCUT2D eigenvalue weighted by Crippen LogP contribution is 2.39. The standard InChI is InChI=1S/C13H24N4S2/c1-4-5-9-6-7-10(14)11(8-9)18-13-16-15-12(19-13)17(2)3/h9-11H,4-8,14H2,1-3H3. The second kappa shape index (κ2) is 6.90. The lowest BCUT2D eigenvalue weighted by Crippen LogP contribution is -2.38. The number of thioether (sulfide) groups is 1. The van der Waals surface area contributed by atoms with E-state index >= 15 is 0 Å². The van der Waals surface area contributed by atoms with Crippen LogP contribution in [0.15, 0.2) is 4.34 Å². The summed E-state index contributed by atoms with van der Waals surface area (Å²) in [5.74, 6) is 0.851. The summed E-state index contributed by atoms with van der Waals surface area (Å²) in [4.78, 5) is 2.00. The van der Waals surface area contributed by atoms with Gasteiger partial charge < -0.3 is 10.6 Å². The fourth-order valence-corrected chi connectivity index (χ4v) is 4.92. The average molecular weight is 300 g/mol.